The highest BCUT2D eigenvalue weighted by molar-refractivity contribution is 7.91. The van der Waals surface area contributed by atoms with Gasteiger partial charge >= 0.3 is 0 Å². The highest BCUT2D eigenvalue weighted by Gasteiger charge is 2.49. The van der Waals surface area contributed by atoms with Crippen LogP contribution in [0.25, 0.3) is 0 Å². The molecule has 1 aromatic heterocycles. The summed E-state index contributed by atoms with van der Waals surface area (Å²) in [5.41, 5.74) is 0.382. The Balaban J connectivity index is 1.86. The van der Waals surface area contributed by atoms with Crippen LogP contribution in [0.15, 0.2) is 18.5 Å². The molecular weight excluding hydrogens is 370 g/mol. The lowest BCUT2D eigenvalue weighted by Gasteiger charge is -2.43. The molecule has 0 aliphatic carbocycles. The van der Waals surface area contributed by atoms with Crippen molar-refractivity contribution in [2.45, 2.75) is 38.4 Å². The zero-order chi connectivity index (χ0) is 20.0. The van der Waals surface area contributed by atoms with Gasteiger partial charge < -0.3 is 19.1 Å². The minimum absolute atomic E-state index is 0.0916. The molecular formula is C18H27N3O5S. The Morgan fingerprint density at radius 2 is 1.74 bits per heavy atom. The monoisotopic (exact) mass is 397 g/mol. The number of rotatable bonds is 3. The van der Waals surface area contributed by atoms with Gasteiger partial charge in [-0.25, -0.2) is 8.42 Å². The average Bonchev–Trinajstić information content (AvgIpc) is 3.16. The summed E-state index contributed by atoms with van der Waals surface area (Å²) in [7, 11) is -1.88. The van der Waals surface area contributed by atoms with Crippen LogP contribution < -0.4 is 0 Å². The molecule has 2 saturated heterocycles. The number of ether oxygens (including phenoxy) is 1. The molecule has 1 aromatic rings. The minimum atomic E-state index is -3.31. The van der Waals surface area contributed by atoms with Crippen molar-refractivity contribution in [2.75, 3.05) is 38.3 Å². The van der Waals surface area contributed by atoms with E-state index in [4.69, 9.17) is 4.74 Å². The lowest BCUT2D eigenvalue weighted by atomic mass is 10.0. The molecule has 0 radical (unpaired) electrons. The molecule has 2 amide bonds. The van der Waals surface area contributed by atoms with Crippen molar-refractivity contribution in [3.8, 4) is 0 Å². The third kappa shape index (κ3) is 3.89. The summed E-state index contributed by atoms with van der Waals surface area (Å²) in [5, 5.41) is 0. The first-order valence-electron chi connectivity index (χ1n) is 9.02. The van der Waals surface area contributed by atoms with Gasteiger partial charge in [0, 0.05) is 38.1 Å². The largest absolute Gasteiger partial charge is 0.375 e. The van der Waals surface area contributed by atoms with Gasteiger partial charge in [0.15, 0.2) is 9.84 Å². The molecule has 2 fully saturated rings. The molecule has 2 aliphatic heterocycles. The summed E-state index contributed by atoms with van der Waals surface area (Å²) in [6.07, 6.45) is 3.65. The normalized spacial score (nSPS) is 24.7. The molecule has 2 aliphatic rings. The number of sulfone groups is 1. The zero-order valence-electron chi connectivity index (χ0n) is 16.2. The topological polar surface area (TPSA) is 88.9 Å². The fraction of sp³-hybridized carbons (Fsp3) is 0.667. The molecule has 3 rings (SSSR count). The summed E-state index contributed by atoms with van der Waals surface area (Å²) in [5.74, 6) is -0.653. The van der Waals surface area contributed by atoms with Gasteiger partial charge in [-0.05, 0) is 26.8 Å². The van der Waals surface area contributed by atoms with Gasteiger partial charge in [-0.1, -0.05) is 0 Å². The van der Waals surface area contributed by atoms with Crippen molar-refractivity contribution >= 4 is 21.7 Å². The van der Waals surface area contributed by atoms with Gasteiger partial charge in [0.2, 0.25) is 5.91 Å². The van der Waals surface area contributed by atoms with Crippen LogP contribution in [-0.4, -0.2) is 85.0 Å². The summed E-state index contributed by atoms with van der Waals surface area (Å²) in [6.45, 7) is 6.66. The van der Waals surface area contributed by atoms with Gasteiger partial charge in [0.1, 0.15) is 6.61 Å². The molecule has 0 spiro atoms. The molecule has 27 heavy (non-hydrogen) atoms. The molecule has 0 saturated carbocycles. The van der Waals surface area contributed by atoms with Crippen LogP contribution in [0.5, 0.6) is 0 Å². The summed E-state index contributed by atoms with van der Waals surface area (Å²) in [4.78, 5) is 28.6. The van der Waals surface area contributed by atoms with Gasteiger partial charge in [-0.2, -0.15) is 0 Å². The van der Waals surface area contributed by atoms with Crippen LogP contribution in [0.2, 0.25) is 0 Å². The second kappa shape index (κ2) is 6.94. The van der Waals surface area contributed by atoms with E-state index in [9.17, 15) is 18.0 Å². The van der Waals surface area contributed by atoms with E-state index in [1.165, 1.54) is 7.11 Å². The second-order valence-electron chi connectivity index (χ2n) is 8.21. The first-order chi connectivity index (χ1) is 12.5. The van der Waals surface area contributed by atoms with Crippen LogP contribution in [0.1, 0.15) is 31.1 Å². The van der Waals surface area contributed by atoms with Crippen LogP contribution >= 0.6 is 0 Å². The van der Waals surface area contributed by atoms with Crippen LogP contribution in [0, 0.1) is 0 Å². The zero-order valence-corrected chi connectivity index (χ0v) is 17.0. The van der Waals surface area contributed by atoms with Gasteiger partial charge in [-0.15, -0.1) is 0 Å². The fourth-order valence-electron chi connectivity index (χ4n) is 3.83. The van der Waals surface area contributed by atoms with Crippen LogP contribution in [0.4, 0.5) is 0 Å². The number of fused-ring (bicyclic) bond motifs is 1. The third-order valence-corrected chi connectivity index (χ3v) is 6.94. The van der Waals surface area contributed by atoms with Crippen molar-refractivity contribution < 1.29 is 22.7 Å². The molecule has 0 N–H and O–H groups in total. The minimum Gasteiger partial charge on any atom is -0.375 e. The number of nitrogens with zero attached hydrogens (tertiary/aromatic N) is 3. The van der Waals surface area contributed by atoms with Gasteiger partial charge in [0.05, 0.1) is 29.2 Å². The lowest BCUT2D eigenvalue weighted by molar-refractivity contribution is -0.140. The Bertz CT molecular complexity index is 839. The van der Waals surface area contributed by atoms with Crippen molar-refractivity contribution in [2.24, 2.45) is 0 Å². The third-order valence-electron chi connectivity index (χ3n) is 5.24. The Labute approximate surface area is 160 Å². The summed E-state index contributed by atoms with van der Waals surface area (Å²) < 4.78 is 31.4. The van der Waals surface area contributed by atoms with Crippen LogP contribution in [0.3, 0.4) is 0 Å². The molecule has 3 heterocycles. The van der Waals surface area contributed by atoms with E-state index in [0.29, 0.717) is 18.7 Å². The first kappa shape index (κ1) is 19.9. The first-order valence-corrected chi connectivity index (χ1v) is 10.8. The van der Waals surface area contributed by atoms with Crippen molar-refractivity contribution in [3.63, 3.8) is 0 Å². The Hall–Kier alpha value is -1.87. The molecule has 150 valence electrons. The van der Waals surface area contributed by atoms with E-state index >= 15 is 0 Å². The number of hydrogen-bond acceptors (Lipinski definition) is 5. The maximum absolute atomic E-state index is 13.1. The van der Waals surface area contributed by atoms with Crippen LogP contribution in [-0.2, 0) is 24.9 Å². The standard InChI is InChI=1S/C18H27N3O5S/c1-18(2,3)19-6-5-13(9-19)17(23)21-8-7-20(16(22)10-26-4)14-11-27(24,25)12-15(14)21/h5-6,9,14-15H,7-8,10-12H2,1-4H3/t14-,15+/m0/s1. The number of carbonyl (C=O) groups is 2. The Morgan fingerprint density at radius 3 is 2.30 bits per heavy atom. The number of piperazine rings is 1. The van der Waals surface area contributed by atoms with Crippen molar-refractivity contribution in [3.05, 3.63) is 24.0 Å². The predicted molar refractivity (Wildman–Crippen MR) is 100 cm³/mol. The maximum atomic E-state index is 13.1. The predicted octanol–water partition coefficient (Wildman–Crippen LogP) is 0.340. The summed E-state index contributed by atoms with van der Waals surface area (Å²) in [6, 6.07) is 0.726. The molecule has 0 aromatic carbocycles. The van der Waals surface area contributed by atoms with E-state index in [1.807, 2.05) is 31.5 Å². The van der Waals surface area contributed by atoms with Gasteiger partial charge in [0.25, 0.3) is 5.91 Å². The molecule has 0 bridgehead atoms. The highest BCUT2D eigenvalue weighted by Crippen LogP contribution is 2.29. The number of hydrogen-bond donors (Lipinski definition) is 0. The van der Waals surface area contributed by atoms with Crippen molar-refractivity contribution in [1.29, 1.82) is 0 Å². The fourth-order valence-corrected chi connectivity index (χ4v) is 5.81. The smallest absolute Gasteiger partial charge is 0.255 e. The molecule has 8 nitrogen and oxygen atoms in total. The van der Waals surface area contributed by atoms with E-state index in [-0.39, 0.29) is 35.5 Å². The highest BCUT2D eigenvalue weighted by atomic mass is 32.2. The number of aromatic nitrogens is 1. The molecule has 2 atom stereocenters. The maximum Gasteiger partial charge on any atom is 0.255 e. The number of carbonyl (C=O) groups excluding carboxylic acids is 2. The van der Waals surface area contributed by atoms with Crippen molar-refractivity contribution in [1.82, 2.24) is 14.4 Å². The molecule has 9 heteroatoms. The van der Waals surface area contributed by atoms with E-state index in [2.05, 4.69) is 0 Å². The lowest BCUT2D eigenvalue weighted by Crippen LogP contribution is -2.62. The van der Waals surface area contributed by atoms with E-state index < -0.39 is 21.9 Å². The quantitative estimate of drug-likeness (QED) is 0.734. The average molecular weight is 397 g/mol. The Morgan fingerprint density at radius 1 is 1.15 bits per heavy atom. The van der Waals surface area contributed by atoms with E-state index in [1.54, 1.807) is 22.1 Å². The Kier molecular flexibility index (Phi) is 5.11. The summed E-state index contributed by atoms with van der Waals surface area (Å²) >= 11 is 0. The molecule has 0 unspecified atom stereocenters. The SMILES string of the molecule is COCC(=O)N1CCN(C(=O)c2ccn(C(C)(C)C)c2)[C@@H]2CS(=O)(=O)C[C@@H]21. The van der Waals surface area contributed by atoms with E-state index in [0.717, 1.165) is 0 Å². The second-order valence-corrected chi connectivity index (χ2v) is 10.4. The van der Waals surface area contributed by atoms with Gasteiger partial charge in [-0.3, -0.25) is 9.59 Å². The number of amides is 2. The number of methoxy groups -OCH3 is 1.